The van der Waals surface area contributed by atoms with E-state index < -0.39 is 0 Å². The largest absolute Gasteiger partial charge is 0.382 e. The first-order valence-electron chi connectivity index (χ1n) is 6.11. The van der Waals surface area contributed by atoms with Gasteiger partial charge >= 0.3 is 0 Å². The highest BCUT2D eigenvalue weighted by Gasteiger charge is 2.02. The summed E-state index contributed by atoms with van der Waals surface area (Å²) in [6.07, 6.45) is 1.07. The van der Waals surface area contributed by atoms with Crippen LogP contribution in [-0.4, -0.2) is 19.8 Å². The molecule has 0 radical (unpaired) electrons. The number of nitrogens with one attached hydrogen (secondary N) is 1. The molecular formula is C14H23NO. The van der Waals surface area contributed by atoms with E-state index in [-0.39, 0.29) is 0 Å². The Morgan fingerprint density at radius 1 is 1.25 bits per heavy atom. The first kappa shape index (κ1) is 13.2. The van der Waals surface area contributed by atoms with Crippen molar-refractivity contribution in [1.82, 2.24) is 5.32 Å². The molecule has 0 aromatic heterocycles. The van der Waals surface area contributed by atoms with Crippen molar-refractivity contribution in [2.24, 2.45) is 0 Å². The minimum Gasteiger partial charge on any atom is -0.382 e. The van der Waals surface area contributed by atoms with Crippen LogP contribution in [0, 0.1) is 6.92 Å². The molecule has 1 aromatic rings. The van der Waals surface area contributed by atoms with Crippen molar-refractivity contribution in [2.45, 2.75) is 33.2 Å². The molecule has 0 bridgehead atoms. The average Bonchev–Trinajstić information content (AvgIpc) is 2.29. The number of aryl methyl sites for hydroxylation is 1. The summed E-state index contributed by atoms with van der Waals surface area (Å²) in [6.45, 7) is 9.02. The second kappa shape index (κ2) is 7.42. The van der Waals surface area contributed by atoms with Crippen LogP contribution < -0.4 is 5.32 Å². The van der Waals surface area contributed by atoms with Gasteiger partial charge in [-0.25, -0.2) is 0 Å². The van der Waals surface area contributed by atoms with Crippen LogP contribution in [0.1, 0.15) is 37.4 Å². The van der Waals surface area contributed by atoms with E-state index in [1.165, 1.54) is 11.1 Å². The van der Waals surface area contributed by atoms with Crippen LogP contribution in [0.4, 0.5) is 0 Å². The van der Waals surface area contributed by atoms with Gasteiger partial charge in [0.1, 0.15) is 0 Å². The highest BCUT2D eigenvalue weighted by molar-refractivity contribution is 5.23. The summed E-state index contributed by atoms with van der Waals surface area (Å²) in [5.41, 5.74) is 2.66. The first-order chi connectivity index (χ1) is 7.74. The third-order valence-corrected chi connectivity index (χ3v) is 2.70. The topological polar surface area (TPSA) is 21.3 Å². The van der Waals surface area contributed by atoms with E-state index in [0.717, 1.165) is 26.2 Å². The van der Waals surface area contributed by atoms with Crippen molar-refractivity contribution in [3.63, 3.8) is 0 Å². The van der Waals surface area contributed by atoms with Crippen LogP contribution >= 0.6 is 0 Å². The maximum atomic E-state index is 5.30. The van der Waals surface area contributed by atoms with Crippen LogP contribution in [0.25, 0.3) is 0 Å². The zero-order valence-corrected chi connectivity index (χ0v) is 10.6. The lowest BCUT2D eigenvalue weighted by molar-refractivity contribution is 0.144. The fourth-order valence-electron chi connectivity index (χ4n) is 1.61. The number of ether oxygens (including phenoxy) is 1. The molecule has 16 heavy (non-hydrogen) atoms. The van der Waals surface area contributed by atoms with Gasteiger partial charge in [-0.05, 0) is 39.3 Å². The molecular weight excluding hydrogens is 198 g/mol. The van der Waals surface area contributed by atoms with Gasteiger partial charge in [-0.3, -0.25) is 0 Å². The number of benzene rings is 1. The predicted molar refractivity (Wildman–Crippen MR) is 68.7 cm³/mol. The van der Waals surface area contributed by atoms with E-state index in [2.05, 4.69) is 43.4 Å². The second-order valence-corrected chi connectivity index (χ2v) is 4.14. The lowest BCUT2D eigenvalue weighted by atomic mass is 10.1. The number of hydrogen-bond donors (Lipinski definition) is 1. The molecule has 1 unspecified atom stereocenters. The van der Waals surface area contributed by atoms with Crippen molar-refractivity contribution in [1.29, 1.82) is 0 Å². The Bertz CT molecular complexity index is 281. The minimum atomic E-state index is 0.419. The third-order valence-electron chi connectivity index (χ3n) is 2.70. The van der Waals surface area contributed by atoms with Crippen molar-refractivity contribution >= 4 is 0 Å². The Kier molecular flexibility index (Phi) is 6.12. The number of hydrogen-bond acceptors (Lipinski definition) is 2. The molecule has 0 spiro atoms. The van der Waals surface area contributed by atoms with Gasteiger partial charge in [0.05, 0.1) is 0 Å². The van der Waals surface area contributed by atoms with Gasteiger partial charge in [0.25, 0.3) is 0 Å². The normalized spacial score (nSPS) is 12.7. The summed E-state index contributed by atoms with van der Waals surface area (Å²) in [6, 6.07) is 9.12. The molecule has 1 N–H and O–H groups in total. The molecule has 0 heterocycles. The second-order valence-electron chi connectivity index (χ2n) is 4.14. The minimum absolute atomic E-state index is 0.419. The maximum absolute atomic E-state index is 5.30. The SMILES string of the molecule is CCOCCCNC(C)c1ccc(C)cc1. The van der Waals surface area contributed by atoms with Crippen molar-refractivity contribution < 1.29 is 4.74 Å². The maximum Gasteiger partial charge on any atom is 0.0477 e. The summed E-state index contributed by atoms with van der Waals surface area (Å²) >= 11 is 0. The molecule has 0 aliphatic heterocycles. The van der Waals surface area contributed by atoms with E-state index in [9.17, 15) is 0 Å². The lowest BCUT2D eigenvalue weighted by Crippen LogP contribution is -2.20. The van der Waals surface area contributed by atoms with Crippen molar-refractivity contribution in [2.75, 3.05) is 19.8 Å². The Morgan fingerprint density at radius 3 is 2.56 bits per heavy atom. The lowest BCUT2D eigenvalue weighted by Gasteiger charge is -2.14. The van der Waals surface area contributed by atoms with Crippen molar-refractivity contribution in [3.05, 3.63) is 35.4 Å². The molecule has 1 rings (SSSR count). The highest BCUT2D eigenvalue weighted by Crippen LogP contribution is 2.12. The van der Waals surface area contributed by atoms with Crippen molar-refractivity contribution in [3.8, 4) is 0 Å². The molecule has 90 valence electrons. The molecule has 1 aromatic carbocycles. The Morgan fingerprint density at radius 2 is 1.94 bits per heavy atom. The van der Waals surface area contributed by atoms with Crippen LogP contribution in [0.5, 0.6) is 0 Å². The van der Waals surface area contributed by atoms with Crippen LogP contribution in [-0.2, 0) is 4.74 Å². The fourth-order valence-corrected chi connectivity index (χ4v) is 1.61. The summed E-state index contributed by atoms with van der Waals surface area (Å²) < 4.78 is 5.30. The van der Waals surface area contributed by atoms with E-state index in [1.54, 1.807) is 0 Å². The Hall–Kier alpha value is -0.860. The molecule has 0 saturated heterocycles. The van der Waals surface area contributed by atoms with Gasteiger partial charge in [-0.2, -0.15) is 0 Å². The summed E-state index contributed by atoms with van der Waals surface area (Å²) in [7, 11) is 0. The summed E-state index contributed by atoms with van der Waals surface area (Å²) in [5, 5.41) is 3.50. The molecule has 2 nitrogen and oxygen atoms in total. The third kappa shape index (κ3) is 4.77. The zero-order valence-electron chi connectivity index (χ0n) is 10.6. The van der Waals surface area contributed by atoms with Gasteiger partial charge in [0.2, 0.25) is 0 Å². The molecule has 0 aliphatic rings. The Labute approximate surface area is 99.0 Å². The van der Waals surface area contributed by atoms with E-state index in [0.29, 0.717) is 6.04 Å². The molecule has 2 heteroatoms. The van der Waals surface area contributed by atoms with Crippen LogP contribution in [0.15, 0.2) is 24.3 Å². The van der Waals surface area contributed by atoms with Crippen LogP contribution in [0.3, 0.4) is 0 Å². The first-order valence-corrected chi connectivity index (χ1v) is 6.11. The molecule has 0 saturated carbocycles. The average molecular weight is 221 g/mol. The highest BCUT2D eigenvalue weighted by atomic mass is 16.5. The monoisotopic (exact) mass is 221 g/mol. The molecule has 1 atom stereocenters. The van der Waals surface area contributed by atoms with Gasteiger partial charge in [0.15, 0.2) is 0 Å². The Balaban J connectivity index is 2.24. The van der Waals surface area contributed by atoms with Gasteiger partial charge in [-0.15, -0.1) is 0 Å². The van der Waals surface area contributed by atoms with Gasteiger partial charge in [-0.1, -0.05) is 29.8 Å². The molecule has 0 aliphatic carbocycles. The summed E-state index contributed by atoms with van der Waals surface area (Å²) in [5.74, 6) is 0. The number of rotatable bonds is 7. The van der Waals surface area contributed by atoms with E-state index >= 15 is 0 Å². The van der Waals surface area contributed by atoms with E-state index in [4.69, 9.17) is 4.74 Å². The fraction of sp³-hybridized carbons (Fsp3) is 0.571. The molecule has 0 fully saturated rings. The zero-order chi connectivity index (χ0) is 11.8. The summed E-state index contributed by atoms with van der Waals surface area (Å²) in [4.78, 5) is 0. The van der Waals surface area contributed by atoms with Gasteiger partial charge < -0.3 is 10.1 Å². The predicted octanol–water partition coefficient (Wildman–Crippen LogP) is 3.07. The molecule has 0 amide bonds. The quantitative estimate of drug-likeness (QED) is 0.714. The smallest absolute Gasteiger partial charge is 0.0477 e. The van der Waals surface area contributed by atoms with Crippen LogP contribution in [0.2, 0.25) is 0 Å². The van der Waals surface area contributed by atoms with Gasteiger partial charge in [0, 0.05) is 19.3 Å². The standard InChI is InChI=1S/C14H23NO/c1-4-16-11-5-10-15-13(3)14-8-6-12(2)7-9-14/h6-9,13,15H,4-5,10-11H2,1-3H3. The van der Waals surface area contributed by atoms with E-state index in [1.807, 2.05) is 6.92 Å².